The molecule has 1 aromatic carbocycles. The summed E-state index contributed by atoms with van der Waals surface area (Å²) in [5, 5.41) is 0.973. The number of piperazine rings is 1. The number of benzene rings is 1. The highest BCUT2D eigenvalue weighted by Crippen LogP contribution is 2.15. The largest absolute Gasteiger partial charge is 0.338 e. The van der Waals surface area contributed by atoms with Crippen LogP contribution >= 0.6 is 0 Å². The van der Waals surface area contributed by atoms with Crippen LogP contribution in [0.5, 0.6) is 0 Å². The minimum Gasteiger partial charge on any atom is -0.338 e. The molecular weight excluding hydrogens is 360 g/mol. The number of likely N-dealkylation sites (tertiary alicyclic amines) is 1. The Morgan fingerprint density at radius 3 is 2.21 bits per heavy atom. The van der Waals surface area contributed by atoms with E-state index in [1.807, 2.05) is 30.3 Å². The van der Waals surface area contributed by atoms with Crippen LogP contribution in [0.25, 0.3) is 10.9 Å². The maximum atomic E-state index is 12.7. The summed E-state index contributed by atoms with van der Waals surface area (Å²) in [6.07, 6.45) is 0.348. The molecule has 2 aromatic rings. The molecule has 0 unspecified atom stereocenters. The summed E-state index contributed by atoms with van der Waals surface area (Å²) in [5.41, 5.74) is 1.15. The molecular formula is C20H20N4O4. The average Bonchev–Trinajstić information content (AvgIpc) is 3.05. The van der Waals surface area contributed by atoms with Crippen LogP contribution in [0.1, 0.15) is 23.3 Å². The lowest BCUT2D eigenvalue weighted by atomic mass is 10.2. The standard InChI is InChI=1S/C20H20N4O4/c25-17-7-8-18(26)24(17)13-19(27)22-9-11-23(12-10-22)20(28)16-6-5-14-3-1-2-4-15(14)21-16/h1-6H,7-13H2. The van der Waals surface area contributed by atoms with Crippen molar-refractivity contribution in [3.63, 3.8) is 0 Å². The molecule has 8 nitrogen and oxygen atoms in total. The summed E-state index contributed by atoms with van der Waals surface area (Å²) in [5.74, 6) is -1.02. The van der Waals surface area contributed by atoms with Gasteiger partial charge in [0.25, 0.3) is 5.91 Å². The van der Waals surface area contributed by atoms with E-state index in [-0.39, 0.29) is 43.0 Å². The molecule has 144 valence electrons. The lowest BCUT2D eigenvalue weighted by Crippen LogP contribution is -2.53. The summed E-state index contributed by atoms with van der Waals surface area (Å²) in [6.45, 7) is 1.31. The molecule has 28 heavy (non-hydrogen) atoms. The van der Waals surface area contributed by atoms with Gasteiger partial charge in [-0.15, -0.1) is 0 Å². The molecule has 1 aromatic heterocycles. The van der Waals surface area contributed by atoms with E-state index >= 15 is 0 Å². The third-order valence-electron chi connectivity index (χ3n) is 5.19. The minimum absolute atomic E-state index is 0.164. The van der Waals surface area contributed by atoms with Gasteiger partial charge in [-0.25, -0.2) is 4.98 Å². The number of nitrogens with zero attached hydrogens (tertiary/aromatic N) is 4. The van der Waals surface area contributed by atoms with Crippen molar-refractivity contribution in [2.24, 2.45) is 0 Å². The van der Waals surface area contributed by atoms with Crippen LogP contribution in [-0.2, 0) is 14.4 Å². The molecule has 0 bridgehead atoms. The number of imide groups is 1. The Balaban J connectivity index is 1.36. The van der Waals surface area contributed by atoms with Gasteiger partial charge < -0.3 is 9.80 Å². The van der Waals surface area contributed by atoms with E-state index in [4.69, 9.17) is 0 Å². The molecule has 0 atom stereocenters. The molecule has 0 N–H and O–H groups in total. The summed E-state index contributed by atoms with van der Waals surface area (Å²) >= 11 is 0. The minimum atomic E-state index is -0.297. The van der Waals surface area contributed by atoms with Crippen molar-refractivity contribution in [3.05, 3.63) is 42.1 Å². The van der Waals surface area contributed by atoms with E-state index < -0.39 is 0 Å². The topological polar surface area (TPSA) is 90.9 Å². The molecule has 4 amide bonds. The molecule has 3 heterocycles. The number of carbonyl (C=O) groups excluding carboxylic acids is 4. The van der Waals surface area contributed by atoms with Gasteiger partial charge in [-0.1, -0.05) is 24.3 Å². The zero-order valence-corrected chi connectivity index (χ0v) is 15.3. The molecule has 0 spiro atoms. The second-order valence-corrected chi connectivity index (χ2v) is 6.94. The molecule has 2 aliphatic heterocycles. The second kappa shape index (κ2) is 7.38. The van der Waals surface area contributed by atoms with Gasteiger partial charge in [-0.2, -0.15) is 0 Å². The van der Waals surface area contributed by atoms with Crippen LogP contribution in [0, 0.1) is 0 Å². The molecule has 0 saturated carbocycles. The van der Waals surface area contributed by atoms with Crippen molar-refractivity contribution < 1.29 is 19.2 Å². The number of fused-ring (bicyclic) bond motifs is 1. The fourth-order valence-electron chi connectivity index (χ4n) is 3.54. The number of hydrogen-bond acceptors (Lipinski definition) is 5. The third kappa shape index (κ3) is 3.45. The zero-order valence-electron chi connectivity index (χ0n) is 15.3. The van der Waals surface area contributed by atoms with Gasteiger partial charge in [-0.3, -0.25) is 24.1 Å². The van der Waals surface area contributed by atoms with Gasteiger partial charge in [0, 0.05) is 44.4 Å². The number of pyridine rings is 1. The normalized spacial score (nSPS) is 17.5. The van der Waals surface area contributed by atoms with E-state index in [0.717, 1.165) is 15.8 Å². The van der Waals surface area contributed by atoms with E-state index in [0.29, 0.717) is 31.9 Å². The third-order valence-corrected chi connectivity index (χ3v) is 5.19. The maximum Gasteiger partial charge on any atom is 0.272 e. The van der Waals surface area contributed by atoms with Crippen LogP contribution in [0.15, 0.2) is 36.4 Å². The van der Waals surface area contributed by atoms with Crippen molar-refractivity contribution in [2.75, 3.05) is 32.7 Å². The quantitative estimate of drug-likeness (QED) is 0.730. The first-order valence-corrected chi connectivity index (χ1v) is 9.29. The van der Waals surface area contributed by atoms with Gasteiger partial charge in [0.1, 0.15) is 12.2 Å². The van der Waals surface area contributed by atoms with Gasteiger partial charge in [0.15, 0.2) is 0 Å². The highest BCUT2D eigenvalue weighted by molar-refractivity contribution is 6.04. The molecule has 2 aliphatic rings. The highest BCUT2D eigenvalue weighted by Gasteiger charge is 2.33. The fraction of sp³-hybridized carbons (Fsp3) is 0.350. The lowest BCUT2D eigenvalue weighted by Gasteiger charge is -2.35. The van der Waals surface area contributed by atoms with Crippen molar-refractivity contribution in [3.8, 4) is 0 Å². The number of hydrogen-bond donors (Lipinski definition) is 0. The summed E-state index contributed by atoms with van der Waals surface area (Å²) in [7, 11) is 0. The van der Waals surface area contributed by atoms with E-state index in [1.54, 1.807) is 15.9 Å². The maximum absolute atomic E-state index is 12.7. The smallest absolute Gasteiger partial charge is 0.272 e. The molecule has 2 fully saturated rings. The first-order valence-electron chi connectivity index (χ1n) is 9.29. The van der Waals surface area contributed by atoms with Crippen molar-refractivity contribution in [1.82, 2.24) is 19.7 Å². The predicted octanol–water partition coefficient (Wildman–Crippen LogP) is 0.668. The fourth-order valence-corrected chi connectivity index (χ4v) is 3.54. The molecule has 4 rings (SSSR count). The second-order valence-electron chi connectivity index (χ2n) is 6.94. The summed E-state index contributed by atoms with van der Waals surface area (Å²) in [6, 6.07) is 11.2. The monoisotopic (exact) mass is 380 g/mol. The van der Waals surface area contributed by atoms with E-state index in [1.165, 1.54) is 0 Å². The first kappa shape index (κ1) is 18.1. The van der Waals surface area contributed by atoms with Crippen molar-refractivity contribution in [2.45, 2.75) is 12.8 Å². The Morgan fingerprint density at radius 2 is 1.50 bits per heavy atom. The molecule has 0 radical (unpaired) electrons. The zero-order chi connectivity index (χ0) is 19.7. The Labute approximate surface area is 161 Å². The molecule has 2 saturated heterocycles. The Kier molecular flexibility index (Phi) is 4.77. The Morgan fingerprint density at radius 1 is 0.857 bits per heavy atom. The van der Waals surface area contributed by atoms with Crippen LogP contribution in [-0.4, -0.2) is 76.0 Å². The van der Waals surface area contributed by atoms with Crippen LogP contribution in [0.2, 0.25) is 0 Å². The molecule has 0 aliphatic carbocycles. The average molecular weight is 380 g/mol. The Bertz CT molecular complexity index is 950. The Hall–Kier alpha value is -3.29. The van der Waals surface area contributed by atoms with Gasteiger partial charge in [0.05, 0.1) is 5.52 Å². The number of amides is 4. The summed E-state index contributed by atoms with van der Waals surface area (Å²) in [4.78, 5) is 57.2. The number of aromatic nitrogens is 1. The summed E-state index contributed by atoms with van der Waals surface area (Å²) < 4.78 is 0. The predicted molar refractivity (Wildman–Crippen MR) is 100 cm³/mol. The van der Waals surface area contributed by atoms with Crippen molar-refractivity contribution >= 4 is 34.5 Å². The lowest BCUT2D eigenvalue weighted by molar-refractivity contribution is -0.146. The number of para-hydroxylation sites is 1. The van der Waals surface area contributed by atoms with Gasteiger partial charge in [0.2, 0.25) is 17.7 Å². The van der Waals surface area contributed by atoms with Crippen LogP contribution < -0.4 is 0 Å². The van der Waals surface area contributed by atoms with Crippen molar-refractivity contribution in [1.29, 1.82) is 0 Å². The van der Waals surface area contributed by atoms with Gasteiger partial charge in [-0.05, 0) is 12.1 Å². The number of rotatable bonds is 3. The van der Waals surface area contributed by atoms with Gasteiger partial charge >= 0.3 is 0 Å². The number of carbonyl (C=O) groups is 4. The SMILES string of the molecule is O=C(CN1C(=O)CCC1=O)N1CCN(C(=O)c2ccc3ccccc3n2)CC1. The van der Waals surface area contributed by atoms with Crippen LogP contribution in [0.3, 0.4) is 0 Å². The van der Waals surface area contributed by atoms with E-state index in [2.05, 4.69) is 4.98 Å². The van der Waals surface area contributed by atoms with E-state index in [9.17, 15) is 19.2 Å². The van der Waals surface area contributed by atoms with Crippen LogP contribution in [0.4, 0.5) is 0 Å². The first-order chi connectivity index (χ1) is 13.5. The highest BCUT2D eigenvalue weighted by atomic mass is 16.2. The molecule has 8 heteroatoms.